The Morgan fingerprint density at radius 1 is 1.35 bits per heavy atom. The number of aromatic nitrogens is 1. The van der Waals surface area contributed by atoms with Crippen LogP contribution in [0.2, 0.25) is 0 Å². The number of morpholine rings is 1. The lowest BCUT2D eigenvalue weighted by Crippen LogP contribution is -2.51. The third-order valence-corrected chi connectivity index (χ3v) is 3.88. The van der Waals surface area contributed by atoms with Crippen molar-refractivity contribution in [2.45, 2.75) is 19.1 Å². The molecular weight excluding hydrogens is 300 g/mol. The number of carbonyl (C=O) groups is 2. The van der Waals surface area contributed by atoms with Gasteiger partial charge < -0.3 is 24.5 Å². The van der Waals surface area contributed by atoms with Crippen LogP contribution in [0.3, 0.4) is 0 Å². The smallest absolute Gasteiger partial charge is 0.334 e. The first-order chi connectivity index (χ1) is 11.0. The molecule has 7 nitrogen and oxygen atoms in total. The molecule has 3 rings (SSSR count). The molecule has 23 heavy (non-hydrogen) atoms. The first kappa shape index (κ1) is 15.4. The van der Waals surface area contributed by atoms with Crippen LogP contribution < -0.4 is 4.74 Å². The maximum atomic E-state index is 12.7. The highest BCUT2D eigenvalue weighted by molar-refractivity contribution is 5.98. The molecule has 1 aliphatic rings. The number of hydrogen-bond acceptors (Lipinski definition) is 4. The van der Waals surface area contributed by atoms with Gasteiger partial charge in [-0.2, -0.15) is 0 Å². The normalized spacial score (nSPS) is 21.4. The Balaban J connectivity index is 1.85. The number of nitrogens with zero attached hydrogens (tertiary/aromatic N) is 1. The van der Waals surface area contributed by atoms with Gasteiger partial charge in [0.1, 0.15) is 11.4 Å². The molecule has 2 atom stereocenters. The number of aliphatic carboxylic acids is 1. The fourth-order valence-electron chi connectivity index (χ4n) is 2.78. The summed E-state index contributed by atoms with van der Waals surface area (Å²) < 4.78 is 10.5. The van der Waals surface area contributed by atoms with Crippen molar-refractivity contribution in [2.75, 3.05) is 20.2 Å². The number of amides is 1. The van der Waals surface area contributed by atoms with Crippen molar-refractivity contribution in [1.29, 1.82) is 0 Å². The lowest BCUT2D eigenvalue weighted by atomic mass is 10.2. The first-order valence-electron chi connectivity index (χ1n) is 7.32. The second kappa shape index (κ2) is 5.92. The second-order valence-corrected chi connectivity index (χ2v) is 5.62. The van der Waals surface area contributed by atoms with Gasteiger partial charge in [-0.15, -0.1) is 0 Å². The molecule has 2 N–H and O–H groups in total. The standard InChI is InChI=1S/C16H18N2O5/c1-9-7-18(8-14(23-9)16(20)21)15(19)13-6-10-5-11(22-2)3-4-12(10)17-13/h3-6,9,14,17H,7-8H2,1-2H3,(H,20,21)/t9-,14?/m1/s1. The lowest BCUT2D eigenvalue weighted by Gasteiger charge is -2.34. The number of nitrogens with one attached hydrogen (secondary N) is 1. The minimum atomic E-state index is -1.06. The number of H-pyrrole nitrogens is 1. The van der Waals surface area contributed by atoms with Gasteiger partial charge in [0.05, 0.1) is 19.8 Å². The molecule has 1 aromatic heterocycles. The summed E-state index contributed by atoms with van der Waals surface area (Å²) >= 11 is 0. The minimum absolute atomic E-state index is 0.0389. The van der Waals surface area contributed by atoms with Gasteiger partial charge in [-0.25, -0.2) is 4.79 Å². The van der Waals surface area contributed by atoms with Crippen molar-refractivity contribution in [3.63, 3.8) is 0 Å². The van der Waals surface area contributed by atoms with Crippen LogP contribution in [0.1, 0.15) is 17.4 Å². The summed E-state index contributed by atoms with van der Waals surface area (Å²) in [5.41, 5.74) is 1.25. The van der Waals surface area contributed by atoms with Gasteiger partial charge in [-0.3, -0.25) is 4.79 Å². The highest BCUT2D eigenvalue weighted by Crippen LogP contribution is 2.23. The Hall–Kier alpha value is -2.54. The van der Waals surface area contributed by atoms with Gasteiger partial charge in [0.25, 0.3) is 5.91 Å². The molecule has 1 fully saturated rings. The summed E-state index contributed by atoms with van der Waals surface area (Å²) in [7, 11) is 1.58. The molecule has 122 valence electrons. The Labute approximate surface area is 132 Å². The van der Waals surface area contributed by atoms with Gasteiger partial charge >= 0.3 is 5.97 Å². The van der Waals surface area contributed by atoms with Crippen LogP contribution in [0.25, 0.3) is 10.9 Å². The van der Waals surface area contributed by atoms with Gasteiger partial charge in [0, 0.05) is 17.4 Å². The average Bonchev–Trinajstić information content (AvgIpc) is 2.96. The van der Waals surface area contributed by atoms with Crippen LogP contribution in [-0.4, -0.2) is 59.3 Å². The molecule has 2 aromatic rings. The molecule has 7 heteroatoms. The molecule has 1 aromatic carbocycles. The zero-order valence-corrected chi connectivity index (χ0v) is 12.9. The van der Waals surface area contributed by atoms with Crippen molar-refractivity contribution < 1.29 is 24.2 Å². The number of ether oxygens (including phenoxy) is 2. The third-order valence-electron chi connectivity index (χ3n) is 3.88. The van der Waals surface area contributed by atoms with Crippen LogP contribution in [0.4, 0.5) is 0 Å². The van der Waals surface area contributed by atoms with Crippen LogP contribution >= 0.6 is 0 Å². The highest BCUT2D eigenvalue weighted by atomic mass is 16.5. The van der Waals surface area contributed by atoms with Crippen LogP contribution in [0.5, 0.6) is 5.75 Å². The number of fused-ring (bicyclic) bond motifs is 1. The van der Waals surface area contributed by atoms with E-state index in [1.807, 2.05) is 18.2 Å². The highest BCUT2D eigenvalue weighted by Gasteiger charge is 2.33. The molecular formula is C16H18N2O5. The van der Waals surface area contributed by atoms with Gasteiger partial charge in [-0.05, 0) is 31.2 Å². The maximum absolute atomic E-state index is 12.7. The van der Waals surface area contributed by atoms with Crippen molar-refractivity contribution in [1.82, 2.24) is 9.88 Å². The summed E-state index contributed by atoms with van der Waals surface area (Å²) in [6.07, 6.45) is -1.31. The number of benzene rings is 1. The predicted octanol–water partition coefficient (Wildman–Crippen LogP) is 1.49. The molecule has 1 saturated heterocycles. The van der Waals surface area contributed by atoms with E-state index in [4.69, 9.17) is 14.6 Å². The Kier molecular flexibility index (Phi) is 3.96. The molecule has 1 aliphatic heterocycles. The largest absolute Gasteiger partial charge is 0.497 e. The van der Waals surface area contributed by atoms with E-state index < -0.39 is 12.1 Å². The van der Waals surface area contributed by atoms with Crippen molar-refractivity contribution >= 4 is 22.8 Å². The summed E-state index contributed by atoms with van der Waals surface area (Å²) in [5, 5.41) is 9.98. The summed E-state index contributed by atoms with van der Waals surface area (Å²) in [6.45, 7) is 2.16. The minimum Gasteiger partial charge on any atom is -0.497 e. The Morgan fingerprint density at radius 3 is 2.83 bits per heavy atom. The van der Waals surface area contributed by atoms with E-state index in [1.165, 1.54) is 4.90 Å². The summed E-state index contributed by atoms with van der Waals surface area (Å²) in [6, 6.07) is 7.23. The number of methoxy groups -OCH3 is 1. The van der Waals surface area contributed by atoms with Gasteiger partial charge in [0.2, 0.25) is 0 Å². The summed E-state index contributed by atoms with van der Waals surface area (Å²) in [5.74, 6) is -0.585. The quantitative estimate of drug-likeness (QED) is 0.894. The second-order valence-electron chi connectivity index (χ2n) is 5.62. The van der Waals surface area contributed by atoms with Gasteiger partial charge in [-0.1, -0.05) is 0 Å². The van der Waals surface area contributed by atoms with Crippen molar-refractivity contribution in [3.05, 3.63) is 30.0 Å². The van der Waals surface area contributed by atoms with E-state index in [9.17, 15) is 9.59 Å². The monoisotopic (exact) mass is 318 g/mol. The number of rotatable bonds is 3. The molecule has 0 radical (unpaired) electrons. The molecule has 0 spiro atoms. The SMILES string of the molecule is COc1ccc2[nH]c(C(=O)N3CC(C(=O)O)O[C@H](C)C3)cc2c1. The molecule has 1 amide bonds. The van der Waals surface area contributed by atoms with Crippen molar-refractivity contribution in [3.8, 4) is 5.75 Å². The average molecular weight is 318 g/mol. The number of hydrogen-bond donors (Lipinski definition) is 2. The van der Waals surface area contributed by atoms with Crippen LogP contribution in [-0.2, 0) is 9.53 Å². The summed E-state index contributed by atoms with van der Waals surface area (Å²) in [4.78, 5) is 28.4. The fraction of sp³-hybridized carbons (Fsp3) is 0.375. The molecule has 0 saturated carbocycles. The first-order valence-corrected chi connectivity index (χ1v) is 7.32. The van der Waals surface area contributed by atoms with E-state index in [2.05, 4.69) is 4.98 Å². The Morgan fingerprint density at radius 2 is 2.13 bits per heavy atom. The maximum Gasteiger partial charge on any atom is 0.334 e. The predicted molar refractivity (Wildman–Crippen MR) is 82.7 cm³/mol. The molecule has 1 unspecified atom stereocenters. The topological polar surface area (TPSA) is 91.9 Å². The molecule has 0 aliphatic carbocycles. The van der Waals surface area contributed by atoms with E-state index in [0.29, 0.717) is 18.0 Å². The Bertz CT molecular complexity index is 754. The lowest BCUT2D eigenvalue weighted by molar-refractivity contribution is -0.160. The molecule has 0 bridgehead atoms. The van der Waals surface area contributed by atoms with E-state index in [-0.39, 0.29) is 18.6 Å². The number of aromatic amines is 1. The molecule has 2 heterocycles. The number of carboxylic acid groups (broad SMARTS) is 1. The van der Waals surface area contributed by atoms with Crippen LogP contribution in [0.15, 0.2) is 24.3 Å². The van der Waals surface area contributed by atoms with Crippen LogP contribution in [0, 0.1) is 0 Å². The van der Waals surface area contributed by atoms with E-state index >= 15 is 0 Å². The van der Waals surface area contributed by atoms with Gasteiger partial charge in [0.15, 0.2) is 6.10 Å². The zero-order chi connectivity index (χ0) is 16.6. The third kappa shape index (κ3) is 3.00. The number of carboxylic acids is 1. The number of carbonyl (C=O) groups excluding carboxylic acids is 1. The fourth-order valence-corrected chi connectivity index (χ4v) is 2.78. The van der Waals surface area contributed by atoms with E-state index in [1.54, 1.807) is 20.1 Å². The zero-order valence-electron chi connectivity index (χ0n) is 12.9. The van der Waals surface area contributed by atoms with E-state index in [0.717, 1.165) is 10.9 Å². The van der Waals surface area contributed by atoms with Crippen molar-refractivity contribution in [2.24, 2.45) is 0 Å².